The van der Waals surface area contributed by atoms with Crippen LogP contribution in [0.25, 0.3) is 0 Å². The first-order chi connectivity index (χ1) is 12.5. The zero-order valence-electron chi connectivity index (χ0n) is 14.8. The van der Waals surface area contributed by atoms with Gasteiger partial charge in [0.2, 0.25) is 11.8 Å². The van der Waals surface area contributed by atoms with E-state index in [0.717, 1.165) is 18.7 Å². The first-order valence-corrected chi connectivity index (χ1v) is 8.87. The molecule has 1 heterocycles. The van der Waals surface area contributed by atoms with E-state index >= 15 is 0 Å². The molecule has 0 aliphatic heterocycles. The third-order valence-electron chi connectivity index (χ3n) is 4.74. The van der Waals surface area contributed by atoms with Crippen LogP contribution in [0.15, 0.2) is 34.9 Å². The molecule has 1 fully saturated rings. The fraction of sp³-hybridized carbons (Fsp3) is 0.474. The van der Waals surface area contributed by atoms with E-state index in [-0.39, 0.29) is 18.9 Å². The van der Waals surface area contributed by atoms with E-state index in [2.05, 4.69) is 15.5 Å². The minimum absolute atomic E-state index is 0.0393. The Bertz CT molecular complexity index is 770. The van der Waals surface area contributed by atoms with Crippen molar-refractivity contribution in [3.05, 3.63) is 47.6 Å². The average molecular weight is 357 g/mol. The van der Waals surface area contributed by atoms with E-state index in [1.54, 1.807) is 31.2 Å². The Balaban J connectivity index is 1.46. The number of amides is 1. The molecule has 0 radical (unpaired) electrons. The third-order valence-corrected chi connectivity index (χ3v) is 4.74. The summed E-state index contributed by atoms with van der Waals surface area (Å²) in [6.07, 6.45) is 3.64. The number of rotatable bonds is 9. The van der Waals surface area contributed by atoms with Crippen LogP contribution in [0.1, 0.15) is 55.8 Å². The van der Waals surface area contributed by atoms with Gasteiger partial charge in [0.25, 0.3) is 0 Å². The van der Waals surface area contributed by atoms with Crippen molar-refractivity contribution in [3.8, 4) is 0 Å². The molecule has 1 unspecified atom stereocenters. The fourth-order valence-corrected chi connectivity index (χ4v) is 2.75. The van der Waals surface area contributed by atoms with Crippen molar-refractivity contribution in [2.24, 2.45) is 0 Å². The summed E-state index contributed by atoms with van der Waals surface area (Å²) < 4.78 is 5.18. The molecule has 1 aromatic heterocycles. The van der Waals surface area contributed by atoms with Gasteiger partial charge in [-0.15, -0.1) is 0 Å². The number of nitrogens with one attached hydrogen (secondary N) is 1. The van der Waals surface area contributed by atoms with Crippen molar-refractivity contribution >= 4 is 11.9 Å². The molecule has 0 spiro atoms. The number of aromatic nitrogens is 2. The lowest BCUT2D eigenvalue weighted by Gasteiger charge is -2.25. The molecule has 1 atom stereocenters. The van der Waals surface area contributed by atoms with Gasteiger partial charge in [-0.3, -0.25) is 9.59 Å². The first kappa shape index (κ1) is 18.1. The molecule has 138 valence electrons. The van der Waals surface area contributed by atoms with E-state index in [9.17, 15) is 14.7 Å². The van der Waals surface area contributed by atoms with E-state index in [1.807, 2.05) is 6.07 Å². The van der Waals surface area contributed by atoms with Gasteiger partial charge in [-0.05, 0) is 31.7 Å². The Kier molecular flexibility index (Phi) is 5.35. The number of carbonyl (C=O) groups is 2. The standard InChI is InChI=1S/C19H23N3O4/c1-19(18(24)25,14-6-3-2-4-7-14)12-20-15(23)8-5-9-16-21-17(22-26-16)13-10-11-13/h2-4,6-7,13H,5,8-12H2,1H3,(H,20,23)(H,24,25). The predicted octanol–water partition coefficient (Wildman–Crippen LogP) is 2.43. The summed E-state index contributed by atoms with van der Waals surface area (Å²) in [6.45, 7) is 1.65. The summed E-state index contributed by atoms with van der Waals surface area (Å²) in [5.74, 6) is 0.615. The van der Waals surface area contributed by atoms with Gasteiger partial charge in [0.1, 0.15) is 5.41 Å². The molecule has 3 rings (SSSR count). The van der Waals surface area contributed by atoms with Crippen molar-refractivity contribution in [3.63, 3.8) is 0 Å². The van der Waals surface area contributed by atoms with Gasteiger partial charge in [0, 0.05) is 25.3 Å². The minimum atomic E-state index is -1.16. The number of aliphatic carboxylic acids is 1. The van der Waals surface area contributed by atoms with E-state index < -0.39 is 11.4 Å². The Labute approximate surface area is 151 Å². The van der Waals surface area contributed by atoms with Crippen molar-refractivity contribution in [1.82, 2.24) is 15.5 Å². The summed E-state index contributed by atoms with van der Waals surface area (Å²) >= 11 is 0. The minimum Gasteiger partial charge on any atom is -0.481 e. The maximum Gasteiger partial charge on any atom is 0.315 e. The number of hydrogen-bond acceptors (Lipinski definition) is 5. The van der Waals surface area contributed by atoms with Crippen LogP contribution in [0.4, 0.5) is 0 Å². The summed E-state index contributed by atoms with van der Waals surface area (Å²) in [4.78, 5) is 28.1. The number of nitrogens with zero attached hydrogens (tertiary/aromatic N) is 2. The van der Waals surface area contributed by atoms with Gasteiger partial charge in [-0.25, -0.2) is 0 Å². The monoisotopic (exact) mass is 357 g/mol. The highest BCUT2D eigenvalue weighted by Crippen LogP contribution is 2.38. The quantitative estimate of drug-likeness (QED) is 0.714. The second-order valence-electron chi connectivity index (χ2n) is 6.95. The number of carboxylic acids is 1. The average Bonchev–Trinajstić information content (AvgIpc) is 3.39. The largest absolute Gasteiger partial charge is 0.481 e. The highest BCUT2D eigenvalue weighted by molar-refractivity contribution is 5.83. The molecule has 1 aliphatic carbocycles. The summed E-state index contributed by atoms with van der Waals surface area (Å²) in [6, 6.07) is 8.93. The number of benzene rings is 1. The Hall–Kier alpha value is -2.70. The summed E-state index contributed by atoms with van der Waals surface area (Å²) in [7, 11) is 0. The molecule has 1 aromatic carbocycles. The summed E-state index contributed by atoms with van der Waals surface area (Å²) in [5, 5.41) is 16.3. The van der Waals surface area contributed by atoms with Crippen LogP contribution in [0.5, 0.6) is 0 Å². The van der Waals surface area contributed by atoms with Crippen LogP contribution < -0.4 is 5.32 Å². The Morgan fingerprint density at radius 2 is 2.04 bits per heavy atom. The van der Waals surface area contributed by atoms with E-state index in [4.69, 9.17) is 4.52 Å². The normalized spacial score (nSPS) is 16.0. The van der Waals surface area contributed by atoms with Gasteiger partial charge in [-0.2, -0.15) is 4.98 Å². The van der Waals surface area contributed by atoms with Crippen LogP contribution in [-0.4, -0.2) is 33.7 Å². The first-order valence-electron chi connectivity index (χ1n) is 8.87. The van der Waals surface area contributed by atoms with Crippen LogP contribution in [0, 0.1) is 0 Å². The number of carbonyl (C=O) groups excluding carboxylic acids is 1. The maximum absolute atomic E-state index is 12.1. The molecule has 7 heteroatoms. The van der Waals surface area contributed by atoms with Gasteiger partial charge in [-0.1, -0.05) is 35.5 Å². The van der Waals surface area contributed by atoms with E-state index in [1.165, 1.54) is 0 Å². The van der Waals surface area contributed by atoms with Crippen LogP contribution in [0.2, 0.25) is 0 Å². The topological polar surface area (TPSA) is 105 Å². The highest BCUT2D eigenvalue weighted by atomic mass is 16.5. The molecule has 2 N–H and O–H groups in total. The van der Waals surface area contributed by atoms with Crippen molar-refractivity contribution < 1.29 is 19.2 Å². The molecule has 1 aliphatic rings. The second kappa shape index (κ2) is 7.68. The fourth-order valence-electron chi connectivity index (χ4n) is 2.75. The van der Waals surface area contributed by atoms with Gasteiger partial charge >= 0.3 is 5.97 Å². The molecule has 1 amide bonds. The SMILES string of the molecule is CC(CNC(=O)CCCc1nc(C2CC2)no1)(C(=O)O)c1ccccc1. The zero-order valence-corrected chi connectivity index (χ0v) is 14.8. The van der Waals surface area contributed by atoms with Crippen molar-refractivity contribution in [2.75, 3.05) is 6.54 Å². The number of aryl methyl sites for hydroxylation is 1. The molecular weight excluding hydrogens is 334 g/mol. The third kappa shape index (κ3) is 4.28. The lowest BCUT2D eigenvalue weighted by molar-refractivity contribution is -0.143. The molecule has 26 heavy (non-hydrogen) atoms. The molecular formula is C19H23N3O4. The molecule has 1 saturated carbocycles. The molecule has 7 nitrogen and oxygen atoms in total. The Morgan fingerprint density at radius 1 is 1.31 bits per heavy atom. The number of hydrogen-bond donors (Lipinski definition) is 2. The lowest BCUT2D eigenvalue weighted by atomic mass is 9.82. The Morgan fingerprint density at radius 3 is 2.69 bits per heavy atom. The van der Waals surface area contributed by atoms with Gasteiger partial charge in [0.05, 0.1) is 0 Å². The van der Waals surface area contributed by atoms with Crippen LogP contribution in [0.3, 0.4) is 0 Å². The van der Waals surface area contributed by atoms with Gasteiger partial charge in [0.15, 0.2) is 5.82 Å². The lowest BCUT2D eigenvalue weighted by Crippen LogP contribution is -2.44. The molecule has 0 saturated heterocycles. The summed E-state index contributed by atoms with van der Waals surface area (Å²) in [5.41, 5.74) is -0.506. The van der Waals surface area contributed by atoms with Crippen LogP contribution >= 0.6 is 0 Å². The smallest absolute Gasteiger partial charge is 0.315 e. The maximum atomic E-state index is 12.1. The van der Waals surface area contributed by atoms with Crippen LogP contribution in [-0.2, 0) is 21.4 Å². The molecule has 0 bridgehead atoms. The molecule has 2 aromatic rings. The second-order valence-corrected chi connectivity index (χ2v) is 6.95. The highest BCUT2D eigenvalue weighted by Gasteiger charge is 2.35. The number of carboxylic acid groups (broad SMARTS) is 1. The van der Waals surface area contributed by atoms with Crippen molar-refractivity contribution in [1.29, 1.82) is 0 Å². The van der Waals surface area contributed by atoms with Gasteiger partial charge < -0.3 is 14.9 Å². The zero-order chi connectivity index (χ0) is 18.6. The van der Waals surface area contributed by atoms with E-state index in [0.29, 0.717) is 30.2 Å². The predicted molar refractivity (Wildman–Crippen MR) is 93.7 cm³/mol. The van der Waals surface area contributed by atoms with Crippen molar-refractivity contribution in [2.45, 2.75) is 50.4 Å².